The van der Waals surface area contributed by atoms with Crippen LogP contribution in [0.15, 0.2) is 30.3 Å². The van der Waals surface area contributed by atoms with Crippen LogP contribution < -0.4 is 10.6 Å². The molecule has 0 saturated carbocycles. The molecule has 2 heterocycles. The van der Waals surface area contributed by atoms with E-state index in [9.17, 15) is 4.79 Å². The van der Waals surface area contributed by atoms with Crippen molar-refractivity contribution in [3.05, 3.63) is 35.9 Å². The monoisotopic (exact) mass is 329 g/mol. The summed E-state index contributed by atoms with van der Waals surface area (Å²) in [6.45, 7) is 9.32. The molecular formula is C20H31N3O. The molecule has 1 aromatic carbocycles. The van der Waals surface area contributed by atoms with Crippen molar-refractivity contribution in [3.8, 4) is 0 Å². The van der Waals surface area contributed by atoms with Crippen molar-refractivity contribution >= 4 is 5.91 Å². The highest BCUT2D eigenvalue weighted by molar-refractivity contribution is 5.82. The number of nitrogens with one attached hydrogen (secondary N) is 2. The van der Waals surface area contributed by atoms with Gasteiger partial charge in [0.1, 0.15) is 0 Å². The van der Waals surface area contributed by atoms with E-state index in [1.54, 1.807) is 0 Å². The van der Waals surface area contributed by atoms with Crippen LogP contribution in [0.3, 0.4) is 0 Å². The largest absolute Gasteiger partial charge is 0.353 e. The zero-order valence-corrected chi connectivity index (χ0v) is 15.1. The van der Waals surface area contributed by atoms with Gasteiger partial charge in [-0.15, -0.1) is 0 Å². The Hall–Kier alpha value is -1.39. The van der Waals surface area contributed by atoms with Gasteiger partial charge < -0.3 is 10.6 Å². The summed E-state index contributed by atoms with van der Waals surface area (Å²) in [4.78, 5) is 15.2. The van der Waals surface area contributed by atoms with Crippen molar-refractivity contribution < 1.29 is 4.79 Å². The lowest BCUT2D eigenvalue weighted by Crippen LogP contribution is -2.52. The summed E-state index contributed by atoms with van der Waals surface area (Å²) in [7, 11) is 0. The van der Waals surface area contributed by atoms with Gasteiger partial charge in [0.2, 0.25) is 5.91 Å². The Bertz CT molecular complexity index is 539. The van der Waals surface area contributed by atoms with Gasteiger partial charge in [-0.1, -0.05) is 30.3 Å². The minimum absolute atomic E-state index is 0.226. The second-order valence-corrected chi connectivity index (χ2v) is 7.87. The zero-order chi connectivity index (χ0) is 17.0. The highest BCUT2D eigenvalue weighted by Gasteiger charge is 2.36. The SMILES string of the molecule is CC(NC(=O)C1(C)CCCNC1)C1CCN(Cc2ccccc2)C1. The van der Waals surface area contributed by atoms with Crippen molar-refractivity contribution in [2.24, 2.45) is 11.3 Å². The number of likely N-dealkylation sites (tertiary alicyclic amines) is 1. The zero-order valence-electron chi connectivity index (χ0n) is 15.1. The molecule has 0 radical (unpaired) electrons. The molecule has 2 aliphatic heterocycles. The molecule has 0 aliphatic carbocycles. The first-order valence-electron chi connectivity index (χ1n) is 9.35. The first-order chi connectivity index (χ1) is 11.6. The number of piperidine rings is 1. The first-order valence-corrected chi connectivity index (χ1v) is 9.35. The number of rotatable bonds is 5. The summed E-state index contributed by atoms with van der Waals surface area (Å²) in [5.74, 6) is 0.779. The Labute approximate surface area is 146 Å². The quantitative estimate of drug-likeness (QED) is 0.872. The molecule has 2 N–H and O–H groups in total. The summed E-state index contributed by atoms with van der Waals surface area (Å²) in [6.07, 6.45) is 3.25. The molecule has 3 unspecified atom stereocenters. The Morgan fingerprint density at radius 2 is 2.21 bits per heavy atom. The molecule has 0 spiro atoms. The first kappa shape index (κ1) is 17.4. The summed E-state index contributed by atoms with van der Waals surface area (Å²) >= 11 is 0. The maximum absolute atomic E-state index is 12.7. The van der Waals surface area contributed by atoms with Gasteiger partial charge in [0.15, 0.2) is 0 Å². The number of hydrogen-bond acceptors (Lipinski definition) is 3. The maximum atomic E-state index is 12.7. The van der Waals surface area contributed by atoms with Gasteiger partial charge in [0.05, 0.1) is 5.41 Å². The molecule has 1 amide bonds. The Kier molecular flexibility index (Phi) is 5.57. The lowest BCUT2D eigenvalue weighted by Gasteiger charge is -2.34. The number of nitrogens with zero attached hydrogens (tertiary/aromatic N) is 1. The van der Waals surface area contributed by atoms with Crippen LogP contribution in [0.25, 0.3) is 0 Å². The van der Waals surface area contributed by atoms with Crippen molar-refractivity contribution in [1.29, 1.82) is 0 Å². The van der Waals surface area contributed by atoms with E-state index in [2.05, 4.69) is 59.7 Å². The summed E-state index contributed by atoms with van der Waals surface area (Å²) in [6, 6.07) is 10.9. The number of benzene rings is 1. The normalized spacial score (nSPS) is 29.3. The lowest BCUT2D eigenvalue weighted by molar-refractivity contribution is -0.132. The molecule has 24 heavy (non-hydrogen) atoms. The molecule has 4 heteroatoms. The molecular weight excluding hydrogens is 298 g/mol. The van der Waals surface area contributed by atoms with E-state index >= 15 is 0 Å². The number of carbonyl (C=O) groups excluding carboxylic acids is 1. The van der Waals surface area contributed by atoms with E-state index < -0.39 is 0 Å². The van der Waals surface area contributed by atoms with Crippen molar-refractivity contribution in [1.82, 2.24) is 15.5 Å². The smallest absolute Gasteiger partial charge is 0.227 e. The number of hydrogen-bond donors (Lipinski definition) is 2. The third-order valence-electron chi connectivity index (χ3n) is 5.77. The highest BCUT2D eigenvalue weighted by Crippen LogP contribution is 2.27. The van der Waals surface area contributed by atoms with Crippen molar-refractivity contribution in [2.75, 3.05) is 26.2 Å². The second-order valence-electron chi connectivity index (χ2n) is 7.87. The van der Waals surface area contributed by atoms with Crippen molar-refractivity contribution in [2.45, 2.75) is 45.7 Å². The van der Waals surface area contributed by atoms with Crippen molar-refractivity contribution in [3.63, 3.8) is 0 Å². The van der Waals surface area contributed by atoms with Gasteiger partial charge in [-0.3, -0.25) is 9.69 Å². The lowest BCUT2D eigenvalue weighted by atomic mass is 9.81. The average molecular weight is 329 g/mol. The van der Waals surface area contributed by atoms with Crippen LogP contribution in [0.5, 0.6) is 0 Å². The van der Waals surface area contributed by atoms with E-state index in [-0.39, 0.29) is 17.4 Å². The molecule has 0 aromatic heterocycles. The van der Waals surface area contributed by atoms with Crippen LogP contribution in [0, 0.1) is 11.3 Å². The molecule has 2 fully saturated rings. The minimum Gasteiger partial charge on any atom is -0.353 e. The summed E-state index contributed by atoms with van der Waals surface area (Å²) in [5.41, 5.74) is 1.13. The fourth-order valence-electron chi connectivity index (χ4n) is 4.00. The molecule has 3 atom stereocenters. The fourth-order valence-corrected chi connectivity index (χ4v) is 4.00. The van der Waals surface area contributed by atoms with E-state index in [1.165, 1.54) is 12.0 Å². The van der Waals surface area contributed by atoms with Gasteiger partial charge in [-0.25, -0.2) is 0 Å². The van der Waals surface area contributed by atoms with Crippen LogP contribution in [-0.2, 0) is 11.3 Å². The minimum atomic E-state index is -0.241. The molecule has 0 bridgehead atoms. The van der Waals surface area contributed by atoms with Crippen LogP contribution in [-0.4, -0.2) is 43.0 Å². The third kappa shape index (κ3) is 4.17. The molecule has 4 nitrogen and oxygen atoms in total. The summed E-state index contributed by atoms with van der Waals surface area (Å²) in [5, 5.41) is 6.68. The number of carbonyl (C=O) groups is 1. The van der Waals surface area contributed by atoms with Gasteiger partial charge in [-0.2, -0.15) is 0 Å². The third-order valence-corrected chi connectivity index (χ3v) is 5.77. The van der Waals surface area contributed by atoms with Gasteiger partial charge in [-0.05, 0) is 57.7 Å². The van der Waals surface area contributed by atoms with E-state index in [4.69, 9.17) is 0 Å². The fraction of sp³-hybridized carbons (Fsp3) is 0.650. The predicted molar refractivity (Wildman–Crippen MR) is 97.6 cm³/mol. The van der Waals surface area contributed by atoms with Gasteiger partial charge >= 0.3 is 0 Å². The molecule has 2 saturated heterocycles. The van der Waals surface area contributed by atoms with Gasteiger partial charge in [0, 0.05) is 25.7 Å². The molecule has 1 aromatic rings. The Morgan fingerprint density at radius 3 is 2.92 bits per heavy atom. The predicted octanol–water partition coefficient (Wildman–Crippen LogP) is 2.40. The topological polar surface area (TPSA) is 44.4 Å². The average Bonchev–Trinajstić information content (AvgIpc) is 3.05. The second kappa shape index (κ2) is 7.66. The van der Waals surface area contributed by atoms with Crippen LogP contribution in [0.2, 0.25) is 0 Å². The Morgan fingerprint density at radius 1 is 1.42 bits per heavy atom. The summed E-state index contributed by atoms with van der Waals surface area (Å²) < 4.78 is 0. The van der Waals surface area contributed by atoms with Crippen LogP contribution >= 0.6 is 0 Å². The number of amides is 1. The van der Waals surface area contributed by atoms with E-state index in [1.807, 2.05) is 0 Å². The molecule has 2 aliphatic rings. The molecule has 3 rings (SSSR count). The van der Waals surface area contributed by atoms with Crippen LogP contribution in [0.4, 0.5) is 0 Å². The van der Waals surface area contributed by atoms with E-state index in [0.29, 0.717) is 5.92 Å². The van der Waals surface area contributed by atoms with Gasteiger partial charge in [0.25, 0.3) is 0 Å². The molecule has 132 valence electrons. The Balaban J connectivity index is 1.49. The maximum Gasteiger partial charge on any atom is 0.227 e. The standard InChI is InChI=1S/C20H31N3O/c1-16(22-19(24)20(2)10-6-11-21-15-20)18-9-12-23(14-18)13-17-7-4-3-5-8-17/h3-5,7-8,16,18,21H,6,9-15H2,1-2H3,(H,22,24). The van der Waals surface area contributed by atoms with Crippen LogP contribution in [0.1, 0.15) is 38.7 Å². The van der Waals surface area contributed by atoms with E-state index in [0.717, 1.165) is 45.6 Å². The highest BCUT2D eigenvalue weighted by atomic mass is 16.2.